The van der Waals surface area contributed by atoms with E-state index < -0.39 is 163 Å². The minimum Gasteiger partial charge on any atom is -0.460 e. The molecule has 21 atom stereocenters. The van der Waals surface area contributed by atoms with Gasteiger partial charge in [-0.3, -0.25) is 16.7 Å². The van der Waals surface area contributed by atoms with Gasteiger partial charge in [0.1, 0.15) is 103 Å². The van der Waals surface area contributed by atoms with Crippen LogP contribution < -0.4 is 0 Å². The summed E-state index contributed by atoms with van der Waals surface area (Å²) in [4.78, 5) is 91.7. The van der Waals surface area contributed by atoms with Crippen LogP contribution in [0.15, 0.2) is 48.6 Å². The minimum atomic E-state index is -3.55. The third-order valence-corrected chi connectivity index (χ3v) is 28.4. The normalized spacial score (nSPS) is 37.0. The fourth-order valence-electron chi connectivity index (χ4n) is 16.7. The van der Waals surface area contributed by atoms with Crippen molar-refractivity contribution in [1.29, 1.82) is 0 Å². The first-order valence-corrected chi connectivity index (χ1v) is 38.6. The highest BCUT2D eigenvalue weighted by atomic mass is 32.2. The molecule has 21 unspecified atom stereocenters. The lowest BCUT2D eigenvalue weighted by molar-refractivity contribution is -0.161. The molecule has 8 saturated carbocycles. The topological polar surface area (TPSA) is 421 Å². The van der Waals surface area contributed by atoms with E-state index in [0.717, 1.165) is 25.7 Å². The summed E-state index contributed by atoms with van der Waals surface area (Å²) in [5.41, 5.74) is -0.568. The average molecular weight is 1500 g/mol. The molecule has 8 aliphatic carbocycles. The Bertz CT molecular complexity index is 3600. The fraction of sp³-hybridized carbons (Fsp3) is 0.750. The maximum Gasteiger partial charge on any atom is 0.333 e. The number of hydrogen-bond donors (Lipinski definition) is 0. The van der Waals surface area contributed by atoms with Gasteiger partial charge in [0.15, 0.2) is 0 Å². The first-order valence-electron chi connectivity index (χ1n) is 32.8. The largest absolute Gasteiger partial charge is 0.460 e. The Balaban J connectivity index is 0.000000156. The molecule has 560 valence electrons. The summed E-state index contributed by atoms with van der Waals surface area (Å²) in [6, 6.07) is 0. The van der Waals surface area contributed by atoms with Crippen LogP contribution in [0.2, 0.25) is 0 Å². The van der Waals surface area contributed by atoms with Gasteiger partial charge in [-0.15, -0.1) is 0 Å². The predicted octanol–water partition coefficient (Wildman–Crippen LogP) is 2.10. The Hall–Kier alpha value is -5.80. The number of hydrogen-bond acceptors (Lipinski definition) is 32. The minimum absolute atomic E-state index is 0.0451. The van der Waals surface area contributed by atoms with Crippen LogP contribution in [0.1, 0.15) is 100 Å². The monoisotopic (exact) mass is 1500 g/mol. The lowest BCUT2D eigenvalue weighted by atomic mass is 9.82. The van der Waals surface area contributed by atoms with Crippen LogP contribution >= 0.6 is 0 Å². The second-order valence-electron chi connectivity index (χ2n) is 28.2. The van der Waals surface area contributed by atoms with E-state index in [1.165, 1.54) is 27.7 Å². The Morgan fingerprint density at radius 3 is 1.35 bits per heavy atom. The molecule has 100 heavy (non-hydrogen) atoms. The molecule has 0 aromatic rings. The zero-order valence-corrected chi connectivity index (χ0v) is 60.1. The van der Waals surface area contributed by atoms with Crippen LogP contribution in [-0.4, -0.2) is 230 Å². The number of rotatable bonds is 28. The Morgan fingerprint density at radius 1 is 0.430 bits per heavy atom. The number of carbonyl (C=O) groups is 8. The van der Waals surface area contributed by atoms with E-state index in [0.29, 0.717) is 19.3 Å². The highest BCUT2D eigenvalue weighted by Gasteiger charge is 2.74. The molecular weight excluding hydrogens is 1410 g/mol. The molecule has 0 N–H and O–H groups in total. The van der Waals surface area contributed by atoms with Gasteiger partial charge in [-0.1, -0.05) is 47.1 Å². The van der Waals surface area contributed by atoms with E-state index in [-0.39, 0.29) is 148 Å². The molecule has 4 heterocycles. The number of carbonyl (C=O) groups excluding carboxylic acids is 8. The third kappa shape index (κ3) is 16.4. The predicted molar refractivity (Wildman–Crippen MR) is 339 cm³/mol. The molecular formula is C64H88O32S4. The highest BCUT2D eigenvalue weighted by Crippen LogP contribution is 2.65. The lowest BCUT2D eigenvalue weighted by Gasteiger charge is -2.33. The summed E-state index contributed by atoms with van der Waals surface area (Å²) in [5.74, 6) is -4.60. The molecule has 12 fully saturated rings. The first-order chi connectivity index (χ1) is 46.7. The molecule has 0 amide bonds. The van der Waals surface area contributed by atoms with E-state index >= 15 is 0 Å². The van der Waals surface area contributed by atoms with Crippen molar-refractivity contribution in [3.63, 3.8) is 0 Å². The van der Waals surface area contributed by atoms with Crippen LogP contribution in [0, 0.1) is 52.3 Å². The SMILES string of the molecule is C=C(C)C(=O)OCCOC(=O)COC1C2CC3C(C)(C2)C1OS3(=O)=O.C=C(C)C(=O)OCCOC(=O)COC1C2CC3C(C2)S(=O)(=O)OC31C.C=C(C)C(=O)OCCOC(=O)COC1C2CC3C1OS(=O)(=O)C3C2C.C=C(C)C(=O)OCCOC(=O)COC1C2OS(=O)(=O)C3CC1(C)CC23. The zero-order valence-electron chi connectivity index (χ0n) is 56.9. The number of esters is 8. The molecule has 12 aliphatic rings. The Labute approximate surface area is 580 Å². The molecule has 4 saturated heterocycles. The molecule has 36 heteroatoms. The van der Waals surface area contributed by atoms with Crippen LogP contribution in [0.5, 0.6) is 0 Å². The molecule has 32 nitrogen and oxygen atoms in total. The molecule has 4 aliphatic heterocycles. The van der Waals surface area contributed by atoms with Crippen molar-refractivity contribution in [3.8, 4) is 0 Å². The van der Waals surface area contributed by atoms with E-state index in [9.17, 15) is 72.0 Å². The standard InChI is InChI=1S/4C16H22O8S/c1-9(2)15(18)22-5-4-21-12(17)8-23-14-13-10-6-16(14,3)7-11(10)25(19,20)24-13;1-9(2)15(18)22-5-4-21-12(17)8-23-13-10-6-11-16(3,7-10)14(13)24-25(11,19)20;1-9(2)15(18)22-5-4-21-13(17)8-23-14-10-6-11-12(7-10)25(19,20)24-16(11,14)3;1-8(2)16(18)22-5-4-21-12(17)7-23-13-10-6-11-14(13)24-25(19,20)15(11)9(10)3/h2*10-11,13-14H,1,4-8H2,2-3H3;10-12,14H,1,4-8H2,2-3H3;9-11,13-15H,1,4-7H2,2-3H3. The first kappa shape index (κ1) is 78.3. The smallest absolute Gasteiger partial charge is 0.333 e. The fourth-order valence-corrected chi connectivity index (χ4v) is 25.0. The second kappa shape index (κ2) is 30.5. The lowest BCUT2D eigenvalue weighted by Crippen LogP contribution is -2.46. The van der Waals surface area contributed by atoms with Crippen molar-refractivity contribution in [1.82, 2.24) is 0 Å². The van der Waals surface area contributed by atoms with Gasteiger partial charge >= 0.3 is 47.8 Å². The zero-order chi connectivity index (χ0) is 73.6. The van der Waals surface area contributed by atoms with Gasteiger partial charge in [0.25, 0.3) is 40.5 Å². The van der Waals surface area contributed by atoms with Crippen molar-refractivity contribution in [2.75, 3.05) is 79.3 Å². The van der Waals surface area contributed by atoms with Gasteiger partial charge in [0.05, 0.1) is 45.4 Å². The quantitative estimate of drug-likeness (QED) is 0.0356. The van der Waals surface area contributed by atoms with Crippen molar-refractivity contribution in [2.24, 2.45) is 52.3 Å². The van der Waals surface area contributed by atoms with Gasteiger partial charge in [-0.25, -0.2) is 38.4 Å². The second-order valence-corrected chi connectivity index (χ2v) is 35.2. The molecule has 8 bridgehead atoms. The van der Waals surface area contributed by atoms with Crippen molar-refractivity contribution < 1.29 is 146 Å². The Kier molecular flexibility index (Phi) is 23.9. The molecule has 12 rings (SSSR count). The van der Waals surface area contributed by atoms with Crippen molar-refractivity contribution in [2.45, 2.75) is 170 Å². The third-order valence-electron chi connectivity index (χ3n) is 20.9. The van der Waals surface area contributed by atoms with Crippen LogP contribution in [0.3, 0.4) is 0 Å². The Morgan fingerprint density at radius 2 is 0.870 bits per heavy atom. The summed E-state index contributed by atoms with van der Waals surface area (Å²) in [7, 11) is -14.2. The van der Waals surface area contributed by atoms with Gasteiger partial charge < -0.3 is 56.8 Å². The van der Waals surface area contributed by atoms with E-state index in [2.05, 4.69) is 26.3 Å². The average Bonchev–Trinajstić information content (AvgIpc) is 1.57. The van der Waals surface area contributed by atoms with Gasteiger partial charge in [-0.2, -0.15) is 33.7 Å². The summed E-state index contributed by atoms with van der Waals surface area (Å²) in [5, 5.41) is -1.81. The van der Waals surface area contributed by atoms with Crippen molar-refractivity contribution >= 4 is 88.2 Å². The van der Waals surface area contributed by atoms with E-state index in [1.807, 2.05) is 20.8 Å². The van der Waals surface area contributed by atoms with Crippen molar-refractivity contribution in [3.05, 3.63) is 48.6 Å². The maximum absolute atomic E-state index is 12.0. The summed E-state index contributed by atoms with van der Waals surface area (Å²) >= 11 is 0. The summed E-state index contributed by atoms with van der Waals surface area (Å²) < 4.78 is 179. The van der Waals surface area contributed by atoms with Gasteiger partial charge in [0, 0.05) is 45.5 Å². The number of fused-ring (bicyclic) bond motifs is 4. The highest BCUT2D eigenvalue weighted by molar-refractivity contribution is 7.88. The van der Waals surface area contributed by atoms with Crippen LogP contribution in [0.25, 0.3) is 0 Å². The summed E-state index contributed by atoms with van der Waals surface area (Å²) in [6.45, 7) is 25.6. The van der Waals surface area contributed by atoms with E-state index in [4.69, 9.17) is 73.6 Å². The van der Waals surface area contributed by atoms with Gasteiger partial charge in [-0.05, 0) is 109 Å². The summed E-state index contributed by atoms with van der Waals surface area (Å²) in [6.07, 6.45) is 1.15. The molecule has 0 radical (unpaired) electrons. The molecule has 0 aromatic carbocycles. The van der Waals surface area contributed by atoms with Gasteiger partial charge in [0.2, 0.25) is 0 Å². The molecule has 0 aromatic heterocycles. The maximum atomic E-state index is 12.0. The van der Waals surface area contributed by atoms with Crippen LogP contribution in [0.4, 0.5) is 0 Å². The number of ether oxygens (including phenoxy) is 12. The van der Waals surface area contributed by atoms with E-state index in [1.54, 1.807) is 6.92 Å². The molecule has 0 spiro atoms. The van der Waals surface area contributed by atoms with Crippen LogP contribution in [-0.2, 0) is 152 Å².